The first-order chi connectivity index (χ1) is 26.5. The average Bonchev–Trinajstić information content (AvgIpc) is 3.56. The van der Waals surface area contributed by atoms with Crippen molar-refractivity contribution < 1.29 is 38.1 Å². The molecule has 8 nitrogen and oxygen atoms in total. The molecule has 0 aromatic heterocycles. The Morgan fingerprint density at radius 3 is 1.71 bits per heavy atom. The van der Waals surface area contributed by atoms with Crippen LogP contribution in [0.2, 0.25) is 0 Å². The summed E-state index contributed by atoms with van der Waals surface area (Å²) in [7, 11) is 0. The molecule has 0 radical (unpaired) electrons. The van der Waals surface area contributed by atoms with Crippen LogP contribution in [0.1, 0.15) is 117 Å². The molecule has 292 valence electrons. The number of benzene rings is 3. The second kappa shape index (κ2) is 16.3. The minimum Gasteiger partial charge on any atom is -0.466 e. The molecular weight excluding hydrogens is 693 g/mol. The highest BCUT2D eigenvalue weighted by molar-refractivity contribution is 5.91. The summed E-state index contributed by atoms with van der Waals surface area (Å²) in [6.45, 7) is 9.26. The molecule has 0 saturated heterocycles. The maximum absolute atomic E-state index is 14.2. The smallest absolute Gasteiger partial charge is 0.338 e. The summed E-state index contributed by atoms with van der Waals surface area (Å²) < 4.78 is 24.9. The first-order valence-electron chi connectivity index (χ1n) is 20.5. The number of hydrogen-bond acceptors (Lipinski definition) is 8. The number of carbonyl (C=O) groups excluding carboxylic acids is 4. The van der Waals surface area contributed by atoms with Crippen molar-refractivity contribution in [2.75, 3.05) is 6.61 Å². The van der Waals surface area contributed by atoms with Gasteiger partial charge in [-0.25, -0.2) is 14.4 Å². The van der Waals surface area contributed by atoms with Crippen LogP contribution in [0.3, 0.4) is 0 Å². The summed E-state index contributed by atoms with van der Waals surface area (Å²) in [6.07, 6.45) is 5.34. The lowest BCUT2D eigenvalue weighted by molar-refractivity contribution is -0.223. The number of rotatable bonds is 11. The van der Waals surface area contributed by atoms with E-state index < -0.39 is 24.1 Å². The molecule has 4 aliphatic carbocycles. The van der Waals surface area contributed by atoms with Crippen molar-refractivity contribution in [3.8, 4) is 0 Å². The minimum absolute atomic E-state index is 0.0492. The van der Waals surface area contributed by atoms with Gasteiger partial charge < -0.3 is 18.9 Å². The number of carbonyl (C=O) groups is 4. The van der Waals surface area contributed by atoms with Crippen LogP contribution >= 0.6 is 0 Å². The molecule has 0 aliphatic heterocycles. The molecule has 55 heavy (non-hydrogen) atoms. The minimum atomic E-state index is -0.757. The molecule has 0 bridgehead atoms. The third-order valence-corrected chi connectivity index (χ3v) is 14.3. The molecule has 4 saturated carbocycles. The van der Waals surface area contributed by atoms with E-state index in [1.54, 1.807) is 36.4 Å². The van der Waals surface area contributed by atoms with Crippen LogP contribution in [0.5, 0.6) is 0 Å². The van der Waals surface area contributed by atoms with Crippen molar-refractivity contribution in [1.29, 1.82) is 0 Å². The fourth-order valence-electron chi connectivity index (χ4n) is 11.7. The van der Waals surface area contributed by atoms with Gasteiger partial charge in [0.2, 0.25) is 0 Å². The van der Waals surface area contributed by atoms with Gasteiger partial charge in [0.05, 0.1) is 23.3 Å². The fraction of sp³-hybridized carbons (Fsp3) is 0.532. The molecule has 4 aliphatic rings. The lowest BCUT2D eigenvalue weighted by Gasteiger charge is -2.64. The lowest BCUT2D eigenvalue weighted by Crippen LogP contribution is -2.66. The van der Waals surface area contributed by atoms with Crippen LogP contribution in [-0.2, 0) is 23.7 Å². The zero-order valence-electron chi connectivity index (χ0n) is 32.7. The highest BCUT2D eigenvalue weighted by Gasteiger charge is 2.67. The Bertz CT molecular complexity index is 1810. The molecule has 3 aromatic carbocycles. The number of fused-ring (bicyclic) bond motifs is 5. The Morgan fingerprint density at radius 1 is 0.636 bits per heavy atom. The van der Waals surface area contributed by atoms with E-state index in [2.05, 4.69) is 20.8 Å². The van der Waals surface area contributed by atoms with Gasteiger partial charge in [0.1, 0.15) is 18.3 Å². The highest BCUT2D eigenvalue weighted by Crippen LogP contribution is 2.69. The highest BCUT2D eigenvalue weighted by atomic mass is 16.6. The molecular formula is C47H56O8. The van der Waals surface area contributed by atoms with Gasteiger partial charge in [-0.15, -0.1) is 0 Å². The summed E-state index contributed by atoms with van der Waals surface area (Å²) >= 11 is 0. The average molecular weight is 749 g/mol. The van der Waals surface area contributed by atoms with Gasteiger partial charge in [0.15, 0.2) is 0 Å². The Kier molecular flexibility index (Phi) is 11.5. The lowest BCUT2D eigenvalue weighted by atomic mass is 9.43. The van der Waals surface area contributed by atoms with Crippen molar-refractivity contribution in [3.05, 3.63) is 108 Å². The van der Waals surface area contributed by atoms with Gasteiger partial charge in [-0.2, -0.15) is 0 Å². The fourth-order valence-corrected chi connectivity index (χ4v) is 11.7. The van der Waals surface area contributed by atoms with E-state index >= 15 is 0 Å². The van der Waals surface area contributed by atoms with Crippen molar-refractivity contribution in [1.82, 2.24) is 0 Å². The van der Waals surface area contributed by atoms with Gasteiger partial charge in [0.25, 0.3) is 0 Å². The van der Waals surface area contributed by atoms with E-state index in [0.29, 0.717) is 54.4 Å². The van der Waals surface area contributed by atoms with E-state index in [4.69, 9.17) is 18.9 Å². The summed E-state index contributed by atoms with van der Waals surface area (Å²) in [5.41, 5.74) is 1.08. The van der Waals surface area contributed by atoms with Crippen LogP contribution in [0, 0.1) is 46.3 Å². The number of hydrogen-bond donors (Lipinski definition) is 0. The Balaban J connectivity index is 1.26. The van der Waals surface area contributed by atoms with Crippen molar-refractivity contribution in [2.45, 2.75) is 104 Å². The SMILES string of the molecule is CCOC(=O)CC[C@H](C)C1CCC2C3C(CC[C@@]21C)[C@@]1(C)CC[C@@H](OC(=O)c2ccccc2)C[C@H]1[C@H](OC(=O)c1ccccc1)[C@@H]3OC(=O)c1ccccc1. The van der Waals surface area contributed by atoms with Crippen LogP contribution in [0.4, 0.5) is 0 Å². The first-order valence-corrected chi connectivity index (χ1v) is 20.5. The van der Waals surface area contributed by atoms with E-state index in [1.807, 2.05) is 61.5 Å². The number of esters is 4. The Labute approximate surface area is 325 Å². The largest absolute Gasteiger partial charge is 0.466 e. The molecule has 0 spiro atoms. The van der Waals surface area contributed by atoms with E-state index in [1.165, 1.54) is 0 Å². The summed E-state index contributed by atoms with van der Waals surface area (Å²) in [5, 5.41) is 0. The second-order valence-electron chi connectivity index (χ2n) is 17.1. The maximum Gasteiger partial charge on any atom is 0.338 e. The quantitative estimate of drug-likeness (QED) is 0.141. The molecule has 0 amide bonds. The van der Waals surface area contributed by atoms with Crippen molar-refractivity contribution in [2.24, 2.45) is 46.3 Å². The van der Waals surface area contributed by atoms with Crippen molar-refractivity contribution in [3.63, 3.8) is 0 Å². The molecule has 0 N–H and O–H groups in total. The third kappa shape index (κ3) is 7.71. The van der Waals surface area contributed by atoms with E-state index in [0.717, 1.165) is 38.5 Å². The molecule has 4 fully saturated rings. The van der Waals surface area contributed by atoms with Crippen molar-refractivity contribution >= 4 is 23.9 Å². The third-order valence-electron chi connectivity index (χ3n) is 14.3. The predicted octanol–water partition coefficient (Wildman–Crippen LogP) is 9.52. The van der Waals surface area contributed by atoms with Crippen LogP contribution in [-0.4, -0.2) is 48.8 Å². The van der Waals surface area contributed by atoms with Gasteiger partial charge in [-0.05, 0) is 129 Å². The molecule has 11 atom stereocenters. The second-order valence-corrected chi connectivity index (χ2v) is 17.1. The van der Waals surface area contributed by atoms with Crippen LogP contribution < -0.4 is 0 Å². The van der Waals surface area contributed by atoms with E-state index in [-0.39, 0.29) is 52.5 Å². The summed E-state index contributed by atoms with van der Waals surface area (Å²) in [4.78, 5) is 54.0. The first kappa shape index (κ1) is 38.8. The standard InChI is InChI=1S/C47H56O8/c1-5-52-39(48)24-21-30(2)35-22-23-36-40-37(26-28-46(35,36)3)47(4)27-25-34(53-43(49)31-15-9-6-10-16-31)29-38(47)41(54-44(50)32-17-11-7-12-18-32)42(40)55-45(51)33-19-13-8-14-20-33/h6-20,30,34-38,40-42H,5,21-29H2,1-4H3/t30-,34+,35?,36?,37?,38-,40?,41-,42+,46+,47+/m0/s1. The van der Waals surface area contributed by atoms with Gasteiger partial charge in [-0.1, -0.05) is 75.4 Å². The van der Waals surface area contributed by atoms with Gasteiger partial charge >= 0.3 is 23.9 Å². The molecule has 3 aromatic rings. The summed E-state index contributed by atoms with van der Waals surface area (Å²) in [6, 6.07) is 27.1. The topological polar surface area (TPSA) is 105 Å². The van der Waals surface area contributed by atoms with Crippen LogP contribution in [0.15, 0.2) is 91.0 Å². The normalized spacial score (nSPS) is 32.8. The zero-order valence-corrected chi connectivity index (χ0v) is 32.7. The molecule has 0 heterocycles. The van der Waals surface area contributed by atoms with Gasteiger partial charge in [-0.3, -0.25) is 4.79 Å². The van der Waals surface area contributed by atoms with E-state index in [9.17, 15) is 19.2 Å². The Morgan fingerprint density at radius 2 is 1.15 bits per heavy atom. The summed E-state index contributed by atoms with van der Waals surface area (Å²) in [5.74, 6) is -0.534. The zero-order chi connectivity index (χ0) is 38.7. The van der Waals surface area contributed by atoms with Gasteiger partial charge in [0, 0.05) is 18.3 Å². The predicted molar refractivity (Wildman–Crippen MR) is 208 cm³/mol. The van der Waals surface area contributed by atoms with Crippen LogP contribution in [0.25, 0.3) is 0 Å². The molecule has 4 unspecified atom stereocenters. The maximum atomic E-state index is 14.2. The monoisotopic (exact) mass is 748 g/mol. The molecule has 8 heteroatoms. The molecule has 7 rings (SSSR count). The number of ether oxygens (including phenoxy) is 4. The Hall–Kier alpha value is -4.46.